The van der Waals surface area contributed by atoms with Crippen LogP contribution in [0.4, 0.5) is 0 Å². The fraction of sp³-hybridized carbons (Fsp3) is 0.435. The van der Waals surface area contributed by atoms with Gasteiger partial charge in [0.2, 0.25) is 6.34 Å². The van der Waals surface area contributed by atoms with Gasteiger partial charge in [-0.05, 0) is 31.9 Å². The minimum Gasteiger partial charge on any atom is -0.382 e. The Morgan fingerprint density at radius 1 is 0.963 bits per heavy atom. The van der Waals surface area contributed by atoms with Gasteiger partial charge in [0.15, 0.2) is 12.3 Å². The summed E-state index contributed by atoms with van der Waals surface area (Å²) < 4.78 is 13.5. The monoisotopic (exact) mass is 365 g/mol. The van der Waals surface area contributed by atoms with Gasteiger partial charge in [-0.25, -0.2) is 4.58 Å². The molecule has 1 spiro atoms. The van der Waals surface area contributed by atoms with Gasteiger partial charge in [-0.1, -0.05) is 48.5 Å². The van der Waals surface area contributed by atoms with Gasteiger partial charge in [0, 0.05) is 18.2 Å². The third-order valence-corrected chi connectivity index (χ3v) is 5.73. The Hall–Kier alpha value is -2.17. The van der Waals surface area contributed by atoms with Crippen LogP contribution >= 0.6 is 0 Å². The SMILES string of the molecule is COCCOC[N+]1=CN(C(C)(C)C)CC12c1ccccc1-c1ccccc12. The first kappa shape index (κ1) is 18.2. The molecule has 0 fully saturated rings. The summed E-state index contributed by atoms with van der Waals surface area (Å²) in [5.74, 6) is 0. The van der Waals surface area contributed by atoms with Crippen LogP contribution in [-0.4, -0.2) is 55.0 Å². The lowest BCUT2D eigenvalue weighted by atomic mass is 9.86. The molecule has 1 aliphatic heterocycles. The summed E-state index contributed by atoms with van der Waals surface area (Å²) in [5.41, 5.74) is 5.22. The van der Waals surface area contributed by atoms with E-state index in [4.69, 9.17) is 9.47 Å². The van der Waals surface area contributed by atoms with Gasteiger partial charge in [-0.3, -0.25) is 4.90 Å². The summed E-state index contributed by atoms with van der Waals surface area (Å²) in [4.78, 5) is 2.44. The molecule has 0 saturated carbocycles. The van der Waals surface area contributed by atoms with Crippen molar-refractivity contribution in [3.63, 3.8) is 0 Å². The molecule has 4 heteroatoms. The minimum atomic E-state index is -0.215. The third kappa shape index (κ3) is 2.88. The highest BCUT2D eigenvalue weighted by atomic mass is 16.5. The number of rotatable bonds is 5. The van der Waals surface area contributed by atoms with Crippen molar-refractivity contribution in [2.24, 2.45) is 0 Å². The predicted octanol–water partition coefficient (Wildman–Crippen LogP) is 3.69. The molecule has 0 bridgehead atoms. The van der Waals surface area contributed by atoms with Gasteiger partial charge in [0.1, 0.15) is 6.54 Å². The van der Waals surface area contributed by atoms with E-state index in [1.54, 1.807) is 7.11 Å². The van der Waals surface area contributed by atoms with Crippen molar-refractivity contribution in [1.29, 1.82) is 0 Å². The molecule has 0 aromatic heterocycles. The Balaban J connectivity index is 1.83. The molecule has 2 aromatic carbocycles. The number of hydrogen-bond acceptors (Lipinski definition) is 3. The van der Waals surface area contributed by atoms with Crippen LogP contribution in [-0.2, 0) is 15.0 Å². The zero-order valence-electron chi connectivity index (χ0n) is 16.7. The maximum Gasteiger partial charge on any atom is 0.237 e. The van der Waals surface area contributed by atoms with E-state index in [-0.39, 0.29) is 11.1 Å². The quantitative estimate of drug-likeness (QED) is 0.597. The van der Waals surface area contributed by atoms with Gasteiger partial charge in [0.05, 0.1) is 18.8 Å². The van der Waals surface area contributed by atoms with E-state index >= 15 is 0 Å². The molecule has 27 heavy (non-hydrogen) atoms. The number of hydrogen-bond donors (Lipinski definition) is 0. The summed E-state index contributed by atoms with van der Waals surface area (Å²) in [6.07, 6.45) is 2.26. The first-order valence-electron chi connectivity index (χ1n) is 9.63. The second-order valence-corrected chi connectivity index (χ2v) is 8.37. The molecule has 0 saturated heterocycles. The van der Waals surface area contributed by atoms with E-state index < -0.39 is 0 Å². The second-order valence-electron chi connectivity index (χ2n) is 8.37. The van der Waals surface area contributed by atoms with E-state index in [0.29, 0.717) is 19.9 Å². The van der Waals surface area contributed by atoms with E-state index in [1.165, 1.54) is 22.3 Å². The van der Waals surface area contributed by atoms with Crippen molar-refractivity contribution in [1.82, 2.24) is 4.90 Å². The zero-order chi connectivity index (χ0) is 19.1. The van der Waals surface area contributed by atoms with Crippen molar-refractivity contribution in [3.05, 3.63) is 59.7 Å². The first-order valence-corrected chi connectivity index (χ1v) is 9.63. The molecule has 4 rings (SSSR count). The molecular formula is C23H29N2O2+. The van der Waals surface area contributed by atoms with Crippen molar-refractivity contribution < 1.29 is 14.0 Å². The lowest BCUT2D eigenvalue weighted by molar-refractivity contribution is -0.624. The van der Waals surface area contributed by atoms with Crippen LogP contribution in [0.1, 0.15) is 31.9 Å². The highest BCUT2D eigenvalue weighted by Gasteiger charge is 2.56. The van der Waals surface area contributed by atoms with Gasteiger partial charge in [-0.2, -0.15) is 0 Å². The van der Waals surface area contributed by atoms with Gasteiger partial charge in [-0.15, -0.1) is 0 Å². The molecule has 0 unspecified atom stereocenters. The summed E-state index contributed by atoms with van der Waals surface area (Å²) >= 11 is 0. The van der Waals surface area contributed by atoms with Crippen LogP contribution in [0.25, 0.3) is 11.1 Å². The topological polar surface area (TPSA) is 24.7 Å². The molecule has 2 aromatic rings. The van der Waals surface area contributed by atoms with Gasteiger partial charge < -0.3 is 9.47 Å². The Kier molecular flexibility index (Phi) is 4.57. The Labute approximate surface area is 162 Å². The Morgan fingerprint density at radius 3 is 2.11 bits per heavy atom. The lowest BCUT2D eigenvalue weighted by Gasteiger charge is -2.30. The van der Waals surface area contributed by atoms with Crippen molar-refractivity contribution in [3.8, 4) is 11.1 Å². The largest absolute Gasteiger partial charge is 0.382 e. The number of ether oxygens (including phenoxy) is 2. The highest BCUT2D eigenvalue weighted by molar-refractivity contribution is 5.81. The first-order chi connectivity index (χ1) is 13.0. The number of nitrogens with zero attached hydrogens (tertiary/aromatic N) is 2. The lowest BCUT2D eigenvalue weighted by Crippen LogP contribution is -2.45. The molecule has 4 nitrogen and oxygen atoms in total. The van der Waals surface area contributed by atoms with Crippen molar-refractivity contribution in [2.75, 3.05) is 33.6 Å². The Bertz CT molecular complexity index is 821. The molecule has 142 valence electrons. The van der Waals surface area contributed by atoms with Crippen LogP contribution in [0.2, 0.25) is 0 Å². The molecule has 0 atom stereocenters. The summed E-state index contributed by atoms with van der Waals surface area (Å²) in [5, 5.41) is 0. The molecule has 2 aliphatic rings. The van der Waals surface area contributed by atoms with E-state index in [9.17, 15) is 0 Å². The Morgan fingerprint density at radius 2 is 1.56 bits per heavy atom. The zero-order valence-corrected chi connectivity index (χ0v) is 16.7. The van der Waals surface area contributed by atoms with E-state index in [0.717, 1.165) is 6.54 Å². The van der Waals surface area contributed by atoms with E-state index in [2.05, 4.69) is 85.1 Å². The number of fused-ring (bicyclic) bond motifs is 5. The van der Waals surface area contributed by atoms with Crippen molar-refractivity contribution >= 4 is 6.34 Å². The summed E-state index contributed by atoms with van der Waals surface area (Å²) in [6, 6.07) is 17.6. The molecule has 0 N–H and O–H groups in total. The number of methoxy groups -OCH3 is 1. The summed E-state index contributed by atoms with van der Waals surface area (Å²) in [6.45, 7) is 9.45. The van der Waals surface area contributed by atoms with Crippen LogP contribution in [0.15, 0.2) is 48.5 Å². The predicted molar refractivity (Wildman–Crippen MR) is 108 cm³/mol. The molecular weight excluding hydrogens is 336 g/mol. The van der Waals surface area contributed by atoms with Crippen molar-refractivity contribution in [2.45, 2.75) is 31.8 Å². The van der Waals surface area contributed by atoms with Gasteiger partial charge >= 0.3 is 0 Å². The van der Waals surface area contributed by atoms with E-state index in [1.807, 2.05) is 0 Å². The maximum atomic E-state index is 5.98. The van der Waals surface area contributed by atoms with Crippen LogP contribution in [0.3, 0.4) is 0 Å². The second kappa shape index (κ2) is 6.77. The average molecular weight is 365 g/mol. The normalized spacial score (nSPS) is 17.2. The fourth-order valence-corrected chi connectivity index (χ4v) is 4.29. The van der Waals surface area contributed by atoms with Crippen LogP contribution in [0.5, 0.6) is 0 Å². The standard InChI is InChI=1S/C23H29N2O2/c1-22(2,3)24-15-23(25(16-24)17-27-14-13-26-4)20-11-7-5-9-18(20)19-10-6-8-12-21(19)23/h5-12,16H,13-15,17H2,1-4H3/q+1. The van der Waals surface area contributed by atoms with Crippen LogP contribution < -0.4 is 0 Å². The highest BCUT2D eigenvalue weighted by Crippen LogP contribution is 2.51. The number of benzene rings is 2. The van der Waals surface area contributed by atoms with Gasteiger partial charge in [0.25, 0.3) is 0 Å². The molecule has 1 heterocycles. The fourth-order valence-electron chi connectivity index (χ4n) is 4.29. The third-order valence-electron chi connectivity index (χ3n) is 5.73. The maximum absolute atomic E-state index is 5.98. The smallest absolute Gasteiger partial charge is 0.237 e. The minimum absolute atomic E-state index is 0.0424. The summed E-state index contributed by atoms with van der Waals surface area (Å²) in [7, 11) is 1.71. The molecule has 0 amide bonds. The molecule has 0 radical (unpaired) electrons. The van der Waals surface area contributed by atoms with Crippen LogP contribution in [0, 0.1) is 0 Å². The molecule has 1 aliphatic carbocycles. The average Bonchev–Trinajstić information content (AvgIpc) is 3.18.